The number of carbonyl (C=O) groups excluding carboxylic acids is 2. The summed E-state index contributed by atoms with van der Waals surface area (Å²) in [6, 6.07) is 16.4. The van der Waals surface area contributed by atoms with E-state index < -0.39 is 6.04 Å². The molecule has 0 aromatic heterocycles. The molecule has 1 atom stereocenters. The maximum Gasteiger partial charge on any atom is 0.241 e. The second-order valence-corrected chi connectivity index (χ2v) is 5.98. The van der Waals surface area contributed by atoms with E-state index >= 15 is 0 Å². The average molecular weight is 360 g/mol. The molecule has 1 saturated heterocycles. The number of carbonyl (C=O) groups is 2. The highest BCUT2D eigenvalue weighted by Crippen LogP contribution is 2.23. The van der Waals surface area contributed by atoms with Crippen LogP contribution in [0.2, 0.25) is 0 Å². The lowest BCUT2D eigenvalue weighted by molar-refractivity contribution is -0.118. The molecule has 1 aliphatic rings. The normalized spacial score (nSPS) is 14.8. The van der Waals surface area contributed by atoms with Gasteiger partial charge in [-0.05, 0) is 42.7 Å². The van der Waals surface area contributed by atoms with Gasteiger partial charge in [0.1, 0.15) is 0 Å². The van der Waals surface area contributed by atoms with E-state index in [4.69, 9.17) is 5.73 Å². The lowest BCUT2D eigenvalue weighted by Crippen LogP contribution is -2.37. The molecule has 1 aliphatic heterocycles. The highest BCUT2D eigenvalue weighted by molar-refractivity contribution is 5.97. The second-order valence-electron chi connectivity index (χ2n) is 5.98. The quantitative estimate of drug-likeness (QED) is 0.861. The number of benzene rings is 2. The Morgan fingerprint density at radius 3 is 2.40 bits per heavy atom. The fraction of sp³-hybridized carbons (Fsp3) is 0.263. The molecule has 3 N–H and O–H groups in total. The van der Waals surface area contributed by atoms with Crippen LogP contribution in [0.4, 0.5) is 11.4 Å². The smallest absolute Gasteiger partial charge is 0.241 e. The first-order chi connectivity index (χ1) is 11.6. The van der Waals surface area contributed by atoms with Crippen LogP contribution < -0.4 is 16.0 Å². The van der Waals surface area contributed by atoms with Crippen LogP contribution in [-0.4, -0.2) is 24.4 Å². The van der Waals surface area contributed by atoms with Gasteiger partial charge in [0.15, 0.2) is 0 Å². The third-order valence-corrected chi connectivity index (χ3v) is 4.16. The number of anilines is 2. The Kier molecular flexibility index (Phi) is 6.56. The molecule has 2 aromatic rings. The van der Waals surface area contributed by atoms with Gasteiger partial charge in [0, 0.05) is 24.3 Å². The SMILES string of the molecule is Cl.N[C@@H](Cc1ccccc1)C(=O)Nc1ccc(N2CCCC2=O)cc1. The molecule has 2 aromatic carbocycles. The van der Waals surface area contributed by atoms with E-state index in [1.54, 1.807) is 17.0 Å². The molecule has 2 amide bonds. The van der Waals surface area contributed by atoms with E-state index in [2.05, 4.69) is 5.32 Å². The van der Waals surface area contributed by atoms with Gasteiger partial charge < -0.3 is 16.0 Å². The third-order valence-electron chi connectivity index (χ3n) is 4.16. The summed E-state index contributed by atoms with van der Waals surface area (Å²) in [6.45, 7) is 0.756. The lowest BCUT2D eigenvalue weighted by atomic mass is 10.1. The van der Waals surface area contributed by atoms with Crippen molar-refractivity contribution in [3.63, 3.8) is 0 Å². The molecular weight excluding hydrogens is 338 g/mol. The van der Waals surface area contributed by atoms with E-state index in [0.717, 1.165) is 24.2 Å². The van der Waals surface area contributed by atoms with Crippen molar-refractivity contribution >= 4 is 35.6 Å². The Balaban J connectivity index is 0.00000225. The van der Waals surface area contributed by atoms with Gasteiger partial charge in [-0.3, -0.25) is 9.59 Å². The lowest BCUT2D eigenvalue weighted by Gasteiger charge is -2.17. The predicted octanol–water partition coefficient (Wildman–Crippen LogP) is 2.74. The standard InChI is InChI=1S/C19H21N3O2.ClH/c20-17(13-14-5-2-1-3-6-14)19(24)21-15-8-10-16(11-9-15)22-12-4-7-18(22)23;/h1-3,5-6,8-11,17H,4,7,12-13,20H2,(H,21,24);1H/t17-;/m0./s1. The molecule has 0 unspecified atom stereocenters. The fourth-order valence-electron chi connectivity index (χ4n) is 2.84. The number of nitrogens with one attached hydrogen (secondary N) is 1. The van der Waals surface area contributed by atoms with Crippen LogP contribution in [-0.2, 0) is 16.0 Å². The summed E-state index contributed by atoms with van der Waals surface area (Å²) in [5.41, 5.74) is 8.55. The number of hydrogen-bond donors (Lipinski definition) is 2. The maximum atomic E-state index is 12.2. The zero-order valence-corrected chi connectivity index (χ0v) is 14.7. The van der Waals surface area contributed by atoms with Gasteiger partial charge in [0.2, 0.25) is 11.8 Å². The highest BCUT2D eigenvalue weighted by atomic mass is 35.5. The molecule has 0 aliphatic carbocycles. The fourth-order valence-corrected chi connectivity index (χ4v) is 2.84. The summed E-state index contributed by atoms with van der Waals surface area (Å²) in [7, 11) is 0. The largest absolute Gasteiger partial charge is 0.325 e. The molecule has 1 fully saturated rings. The summed E-state index contributed by atoms with van der Waals surface area (Å²) in [5.74, 6) is -0.0690. The van der Waals surface area contributed by atoms with Crippen molar-refractivity contribution in [2.24, 2.45) is 5.73 Å². The van der Waals surface area contributed by atoms with Gasteiger partial charge in [0.25, 0.3) is 0 Å². The van der Waals surface area contributed by atoms with Gasteiger partial charge in [-0.25, -0.2) is 0 Å². The van der Waals surface area contributed by atoms with Gasteiger partial charge in [-0.2, -0.15) is 0 Å². The van der Waals surface area contributed by atoms with Crippen LogP contribution in [0.3, 0.4) is 0 Å². The van der Waals surface area contributed by atoms with E-state index in [1.165, 1.54) is 0 Å². The molecule has 0 radical (unpaired) electrons. The Bertz CT molecular complexity index is 719. The zero-order chi connectivity index (χ0) is 16.9. The minimum atomic E-state index is -0.604. The van der Waals surface area contributed by atoms with Crippen molar-refractivity contribution in [3.05, 3.63) is 60.2 Å². The van der Waals surface area contributed by atoms with E-state index in [-0.39, 0.29) is 24.2 Å². The monoisotopic (exact) mass is 359 g/mol. The van der Waals surface area contributed by atoms with Crippen molar-refractivity contribution in [1.82, 2.24) is 0 Å². The van der Waals surface area contributed by atoms with E-state index in [9.17, 15) is 9.59 Å². The summed E-state index contributed by atoms with van der Waals surface area (Å²) < 4.78 is 0. The van der Waals surface area contributed by atoms with Crippen molar-refractivity contribution in [1.29, 1.82) is 0 Å². The number of halogens is 1. The van der Waals surface area contributed by atoms with Crippen LogP contribution in [0.15, 0.2) is 54.6 Å². The molecule has 0 spiro atoms. The maximum absolute atomic E-state index is 12.2. The van der Waals surface area contributed by atoms with Crippen LogP contribution in [0.5, 0.6) is 0 Å². The Morgan fingerprint density at radius 2 is 1.80 bits per heavy atom. The number of nitrogens with two attached hydrogens (primary N) is 1. The van der Waals surface area contributed by atoms with Crippen LogP contribution in [0.1, 0.15) is 18.4 Å². The summed E-state index contributed by atoms with van der Waals surface area (Å²) in [6.07, 6.45) is 1.99. The van der Waals surface area contributed by atoms with Gasteiger partial charge in [-0.1, -0.05) is 30.3 Å². The molecule has 5 nitrogen and oxygen atoms in total. The predicted molar refractivity (Wildman–Crippen MR) is 102 cm³/mol. The van der Waals surface area contributed by atoms with Crippen molar-refractivity contribution in [3.8, 4) is 0 Å². The first-order valence-electron chi connectivity index (χ1n) is 8.14. The van der Waals surface area contributed by atoms with Gasteiger partial charge in [0.05, 0.1) is 6.04 Å². The molecule has 0 saturated carbocycles. The molecule has 132 valence electrons. The molecule has 3 rings (SSSR count). The molecule has 0 bridgehead atoms. The van der Waals surface area contributed by atoms with Crippen molar-refractivity contribution < 1.29 is 9.59 Å². The highest BCUT2D eigenvalue weighted by Gasteiger charge is 2.21. The van der Waals surface area contributed by atoms with Gasteiger partial charge in [-0.15, -0.1) is 12.4 Å². The molecule has 6 heteroatoms. The van der Waals surface area contributed by atoms with E-state index in [0.29, 0.717) is 18.5 Å². The van der Waals surface area contributed by atoms with Gasteiger partial charge >= 0.3 is 0 Å². The zero-order valence-electron chi connectivity index (χ0n) is 13.9. The minimum absolute atomic E-state index is 0. The summed E-state index contributed by atoms with van der Waals surface area (Å²) in [5, 5.41) is 2.82. The Morgan fingerprint density at radius 1 is 1.12 bits per heavy atom. The van der Waals surface area contributed by atoms with Crippen molar-refractivity contribution in [2.45, 2.75) is 25.3 Å². The number of nitrogens with zero attached hydrogens (tertiary/aromatic N) is 1. The third kappa shape index (κ3) is 4.81. The Hall–Kier alpha value is -2.37. The van der Waals surface area contributed by atoms with E-state index in [1.807, 2.05) is 42.5 Å². The molecule has 25 heavy (non-hydrogen) atoms. The van der Waals surface area contributed by atoms with Crippen molar-refractivity contribution in [2.75, 3.05) is 16.8 Å². The molecular formula is C19H22ClN3O2. The first-order valence-corrected chi connectivity index (χ1v) is 8.14. The Labute approximate surface area is 153 Å². The summed E-state index contributed by atoms with van der Waals surface area (Å²) in [4.78, 5) is 25.7. The topological polar surface area (TPSA) is 75.4 Å². The van der Waals surface area contributed by atoms with Crippen LogP contribution in [0.25, 0.3) is 0 Å². The summed E-state index contributed by atoms with van der Waals surface area (Å²) >= 11 is 0. The number of hydrogen-bond acceptors (Lipinski definition) is 3. The second kappa shape index (κ2) is 8.65. The number of amides is 2. The van der Waals surface area contributed by atoms with Crippen LogP contribution in [0, 0.1) is 0 Å². The minimum Gasteiger partial charge on any atom is -0.325 e. The number of rotatable bonds is 5. The van der Waals surface area contributed by atoms with Crippen LogP contribution >= 0.6 is 12.4 Å². The molecule has 1 heterocycles. The first kappa shape index (κ1) is 19.0. The average Bonchev–Trinajstić information content (AvgIpc) is 3.02.